The summed E-state index contributed by atoms with van der Waals surface area (Å²) in [7, 11) is 1.77. The molecule has 2 nitrogen and oxygen atoms in total. The predicted octanol–water partition coefficient (Wildman–Crippen LogP) is 4.87. The van der Waals surface area contributed by atoms with E-state index in [1.807, 2.05) is 0 Å². The van der Waals surface area contributed by atoms with Gasteiger partial charge >= 0.3 is 0 Å². The highest BCUT2D eigenvalue weighted by molar-refractivity contribution is 5.39. The summed E-state index contributed by atoms with van der Waals surface area (Å²) in [5.74, 6) is 1.79. The van der Waals surface area contributed by atoms with E-state index in [0.29, 0.717) is 6.04 Å². The first-order valence-corrected chi connectivity index (χ1v) is 8.04. The van der Waals surface area contributed by atoms with Gasteiger partial charge in [0.25, 0.3) is 0 Å². The van der Waals surface area contributed by atoms with Crippen LogP contribution < -0.4 is 10.1 Å². The molecule has 0 radical (unpaired) electrons. The van der Waals surface area contributed by atoms with Crippen LogP contribution in [0.3, 0.4) is 0 Å². The standard InChI is InChI=1S/C18H31NO/c1-6-11-19-17(13-15(7-2)8-3)16-10-9-14(4)12-18(16)20-5/h9-10,12,15,17,19H,6-8,11,13H2,1-5H3. The van der Waals surface area contributed by atoms with E-state index >= 15 is 0 Å². The smallest absolute Gasteiger partial charge is 0.123 e. The number of hydrogen-bond acceptors (Lipinski definition) is 2. The van der Waals surface area contributed by atoms with E-state index in [9.17, 15) is 0 Å². The first kappa shape index (κ1) is 17.0. The third-order valence-electron chi connectivity index (χ3n) is 4.13. The normalized spacial score (nSPS) is 12.7. The first-order chi connectivity index (χ1) is 9.65. The predicted molar refractivity (Wildman–Crippen MR) is 87.5 cm³/mol. The maximum absolute atomic E-state index is 5.60. The van der Waals surface area contributed by atoms with E-state index in [0.717, 1.165) is 24.6 Å². The molecule has 0 aliphatic heterocycles. The second-order valence-electron chi connectivity index (χ2n) is 5.67. The number of hydrogen-bond donors (Lipinski definition) is 1. The third-order valence-corrected chi connectivity index (χ3v) is 4.13. The van der Waals surface area contributed by atoms with Gasteiger partial charge in [-0.2, -0.15) is 0 Å². The number of ether oxygens (including phenoxy) is 1. The van der Waals surface area contributed by atoms with Gasteiger partial charge in [-0.1, -0.05) is 45.7 Å². The van der Waals surface area contributed by atoms with Crippen molar-refractivity contribution < 1.29 is 4.74 Å². The monoisotopic (exact) mass is 277 g/mol. The van der Waals surface area contributed by atoms with Crippen molar-refractivity contribution in [2.24, 2.45) is 5.92 Å². The topological polar surface area (TPSA) is 21.3 Å². The van der Waals surface area contributed by atoms with Gasteiger partial charge in [-0.25, -0.2) is 0 Å². The van der Waals surface area contributed by atoms with Gasteiger partial charge in [0.1, 0.15) is 5.75 Å². The molecule has 114 valence electrons. The molecule has 0 spiro atoms. The molecule has 0 saturated heterocycles. The van der Waals surface area contributed by atoms with Crippen molar-refractivity contribution in [3.05, 3.63) is 29.3 Å². The quantitative estimate of drug-likeness (QED) is 0.695. The molecule has 2 heteroatoms. The highest BCUT2D eigenvalue weighted by Gasteiger charge is 2.19. The minimum atomic E-state index is 0.399. The van der Waals surface area contributed by atoms with Crippen LogP contribution in [0.5, 0.6) is 5.75 Å². The number of benzene rings is 1. The van der Waals surface area contributed by atoms with Crippen molar-refractivity contribution in [3.63, 3.8) is 0 Å². The molecule has 1 unspecified atom stereocenters. The molecular weight excluding hydrogens is 246 g/mol. The van der Waals surface area contributed by atoms with Gasteiger partial charge in [-0.3, -0.25) is 0 Å². The lowest BCUT2D eigenvalue weighted by atomic mass is 9.90. The molecule has 0 aliphatic rings. The van der Waals surface area contributed by atoms with Crippen molar-refractivity contribution in [3.8, 4) is 5.75 Å². The lowest BCUT2D eigenvalue weighted by molar-refractivity contribution is 0.353. The van der Waals surface area contributed by atoms with Gasteiger partial charge in [-0.05, 0) is 43.9 Å². The molecule has 0 saturated carbocycles. The maximum Gasteiger partial charge on any atom is 0.123 e. The average molecular weight is 277 g/mol. The number of rotatable bonds is 9. The molecule has 20 heavy (non-hydrogen) atoms. The van der Waals surface area contributed by atoms with Crippen LogP contribution in [0.1, 0.15) is 63.6 Å². The van der Waals surface area contributed by atoms with E-state index in [1.165, 1.54) is 30.4 Å². The van der Waals surface area contributed by atoms with Gasteiger partial charge < -0.3 is 10.1 Å². The second kappa shape index (κ2) is 9.02. The van der Waals surface area contributed by atoms with Crippen LogP contribution in [0.25, 0.3) is 0 Å². The molecule has 0 fully saturated rings. The van der Waals surface area contributed by atoms with Crippen LogP contribution in [0.15, 0.2) is 18.2 Å². The second-order valence-corrected chi connectivity index (χ2v) is 5.67. The SMILES string of the molecule is CCCNC(CC(CC)CC)c1ccc(C)cc1OC. The maximum atomic E-state index is 5.60. The van der Waals surface area contributed by atoms with Crippen LogP contribution in [0.2, 0.25) is 0 Å². The Morgan fingerprint density at radius 1 is 1.15 bits per heavy atom. The van der Waals surface area contributed by atoms with E-state index in [-0.39, 0.29) is 0 Å². The Kier molecular flexibility index (Phi) is 7.68. The summed E-state index contributed by atoms with van der Waals surface area (Å²) in [5, 5.41) is 3.70. The lowest BCUT2D eigenvalue weighted by Gasteiger charge is -2.25. The Hall–Kier alpha value is -1.02. The molecule has 1 rings (SSSR count). The minimum absolute atomic E-state index is 0.399. The molecule has 0 amide bonds. The lowest BCUT2D eigenvalue weighted by Crippen LogP contribution is -2.25. The molecule has 1 aromatic carbocycles. The molecule has 0 bridgehead atoms. The van der Waals surface area contributed by atoms with Crippen LogP contribution in [-0.2, 0) is 0 Å². The molecule has 1 aromatic rings. The summed E-state index contributed by atoms with van der Waals surface area (Å²) >= 11 is 0. The van der Waals surface area contributed by atoms with E-state index in [2.05, 4.69) is 51.2 Å². The summed E-state index contributed by atoms with van der Waals surface area (Å²) in [6.07, 6.45) is 4.84. The average Bonchev–Trinajstić information content (AvgIpc) is 2.48. The van der Waals surface area contributed by atoms with Crippen LogP contribution in [0.4, 0.5) is 0 Å². The van der Waals surface area contributed by atoms with Gasteiger partial charge in [0.2, 0.25) is 0 Å². The van der Waals surface area contributed by atoms with Gasteiger partial charge in [0, 0.05) is 11.6 Å². The zero-order valence-electron chi connectivity index (χ0n) is 13.8. The van der Waals surface area contributed by atoms with Crippen molar-refractivity contribution in [2.45, 2.75) is 59.4 Å². The van der Waals surface area contributed by atoms with E-state index in [1.54, 1.807) is 7.11 Å². The largest absolute Gasteiger partial charge is 0.496 e. The van der Waals surface area contributed by atoms with Crippen LogP contribution >= 0.6 is 0 Å². The number of methoxy groups -OCH3 is 1. The fourth-order valence-electron chi connectivity index (χ4n) is 2.70. The summed E-state index contributed by atoms with van der Waals surface area (Å²) in [5.41, 5.74) is 2.56. The highest BCUT2D eigenvalue weighted by Crippen LogP contribution is 2.32. The Balaban J connectivity index is 2.96. The van der Waals surface area contributed by atoms with Crippen LogP contribution in [-0.4, -0.2) is 13.7 Å². The zero-order chi connectivity index (χ0) is 15.0. The summed E-state index contributed by atoms with van der Waals surface area (Å²) in [6, 6.07) is 6.95. The Bertz CT molecular complexity index is 385. The summed E-state index contributed by atoms with van der Waals surface area (Å²) in [4.78, 5) is 0. The molecular formula is C18H31NO. The summed E-state index contributed by atoms with van der Waals surface area (Å²) < 4.78 is 5.60. The van der Waals surface area contributed by atoms with Crippen molar-refractivity contribution in [1.82, 2.24) is 5.32 Å². The van der Waals surface area contributed by atoms with Gasteiger partial charge in [0.05, 0.1) is 7.11 Å². The van der Waals surface area contributed by atoms with Crippen LogP contribution in [0, 0.1) is 12.8 Å². The number of nitrogens with one attached hydrogen (secondary N) is 1. The fraction of sp³-hybridized carbons (Fsp3) is 0.667. The minimum Gasteiger partial charge on any atom is -0.496 e. The molecule has 1 N–H and O–H groups in total. The first-order valence-electron chi connectivity index (χ1n) is 8.04. The van der Waals surface area contributed by atoms with Crippen molar-refractivity contribution >= 4 is 0 Å². The molecule has 0 aliphatic carbocycles. The fourth-order valence-corrected chi connectivity index (χ4v) is 2.70. The van der Waals surface area contributed by atoms with Crippen molar-refractivity contribution in [2.75, 3.05) is 13.7 Å². The van der Waals surface area contributed by atoms with E-state index < -0.39 is 0 Å². The Labute approximate surface area is 124 Å². The van der Waals surface area contributed by atoms with E-state index in [4.69, 9.17) is 4.74 Å². The van der Waals surface area contributed by atoms with Crippen molar-refractivity contribution in [1.29, 1.82) is 0 Å². The third kappa shape index (κ3) is 4.82. The molecule has 0 aromatic heterocycles. The van der Waals surface area contributed by atoms with Gasteiger partial charge in [0.15, 0.2) is 0 Å². The molecule has 0 heterocycles. The Morgan fingerprint density at radius 3 is 2.40 bits per heavy atom. The number of aryl methyl sites for hydroxylation is 1. The van der Waals surface area contributed by atoms with Gasteiger partial charge in [-0.15, -0.1) is 0 Å². The summed E-state index contributed by atoms with van der Waals surface area (Å²) in [6.45, 7) is 9.96. The highest BCUT2D eigenvalue weighted by atomic mass is 16.5. The molecule has 1 atom stereocenters. The Morgan fingerprint density at radius 2 is 1.85 bits per heavy atom. The zero-order valence-corrected chi connectivity index (χ0v) is 13.8.